The number of hydrogen-bond acceptors (Lipinski definition) is 2. The van der Waals surface area contributed by atoms with Crippen molar-refractivity contribution in [2.24, 2.45) is 0 Å². The molecule has 0 aliphatic heterocycles. The third-order valence-electron chi connectivity index (χ3n) is 1.55. The van der Waals surface area contributed by atoms with Crippen LogP contribution in [-0.2, 0) is 9.84 Å². The summed E-state index contributed by atoms with van der Waals surface area (Å²) in [5.41, 5.74) is 0. The second kappa shape index (κ2) is 6.08. The first-order chi connectivity index (χ1) is 6.17. The summed E-state index contributed by atoms with van der Waals surface area (Å²) in [6.07, 6.45) is 1.93. The molecule has 0 saturated heterocycles. The summed E-state index contributed by atoms with van der Waals surface area (Å²) in [5, 5.41) is 0. The minimum Gasteiger partial charge on any atom is -0.257 e. The number of rotatable bonds is 4. The van der Waals surface area contributed by atoms with Crippen molar-refractivity contribution < 1.29 is 27.3 Å². The van der Waals surface area contributed by atoms with Crippen molar-refractivity contribution in [3.63, 3.8) is 0 Å². The number of benzene rings is 1. The van der Waals surface area contributed by atoms with Crippen LogP contribution < -0.4 is 18.9 Å². The number of allylic oxidation sites excluding steroid dienone is 1. The van der Waals surface area contributed by atoms with Gasteiger partial charge in [-0.3, -0.25) is 8.42 Å². The van der Waals surface area contributed by atoms with Crippen molar-refractivity contribution in [3.05, 3.63) is 48.7 Å². The second-order valence-corrected chi connectivity index (χ2v) is 4.44. The van der Waals surface area contributed by atoms with E-state index in [-0.39, 0.29) is 18.9 Å². The summed E-state index contributed by atoms with van der Waals surface area (Å²) in [7, 11) is -3.22. The molecule has 1 rings (SSSR count). The van der Waals surface area contributed by atoms with E-state index < -0.39 is 9.84 Å². The molecule has 4 heteroatoms. The van der Waals surface area contributed by atoms with Gasteiger partial charge in [0, 0.05) is 4.90 Å². The molecule has 0 atom stereocenters. The molecule has 0 radical (unpaired) electrons. The quantitative estimate of drug-likeness (QED) is 0.364. The van der Waals surface area contributed by atoms with E-state index in [2.05, 4.69) is 6.58 Å². The SMILES string of the molecule is C=CC[CH-]S(=O)(=O)c1ccccc1.[Li+]. The van der Waals surface area contributed by atoms with Gasteiger partial charge in [0.2, 0.25) is 0 Å². The van der Waals surface area contributed by atoms with Crippen LogP contribution in [0.5, 0.6) is 0 Å². The molecule has 0 fully saturated rings. The summed E-state index contributed by atoms with van der Waals surface area (Å²) in [4.78, 5) is 0.330. The van der Waals surface area contributed by atoms with Crippen molar-refractivity contribution in [3.8, 4) is 0 Å². The van der Waals surface area contributed by atoms with Crippen LogP contribution >= 0.6 is 0 Å². The third-order valence-corrected chi connectivity index (χ3v) is 3.11. The molecule has 0 unspecified atom stereocenters. The third kappa shape index (κ3) is 3.71. The normalized spacial score (nSPS) is 10.3. The minimum absolute atomic E-state index is 0. The van der Waals surface area contributed by atoms with E-state index in [9.17, 15) is 8.42 Å². The molecule has 1 aromatic rings. The van der Waals surface area contributed by atoms with Gasteiger partial charge in [0.1, 0.15) is 0 Å². The van der Waals surface area contributed by atoms with Gasteiger partial charge in [-0.05, 0) is 12.1 Å². The van der Waals surface area contributed by atoms with Gasteiger partial charge in [-0.1, -0.05) is 18.2 Å². The van der Waals surface area contributed by atoms with Gasteiger partial charge in [-0.25, -0.2) is 0 Å². The molecule has 0 N–H and O–H groups in total. The van der Waals surface area contributed by atoms with Crippen molar-refractivity contribution in [1.82, 2.24) is 0 Å². The predicted molar refractivity (Wildman–Crippen MR) is 52.7 cm³/mol. The van der Waals surface area contributed by atoms with Crippen LogP contribution in [0.15, 0.2) is 47.9 Å². The maximum Gasteiger partial charge on any atom is 1.00 e. The Morgan fingerprint density at radius 2 is 1.86 bits per heavy atom. The van der Waals surface area contributed by atoms with Crippen molar-refractivity contribution in [2.45, 2.75) is 11.3 Å². The fourth-order valence-corrected chi connectivity index (χ4v) is 2.02. The first-order valence-electron chi connectivity index (χ1n) is 3.91. The average molecular weight is 202 g/mol. The second-order valence-electron chi connectivity index (χ2n) is 2.55. The molecular formula is C10H11LiO2S. The van der Waals surface area contributed by atoms with Gasteiger partial charge >= 0.3 is 18.9 Å². The first-order valence-corrected chi connectivity index (χ1v) is 5.45. The van der Waals surface area contributed by atoms with Crippen LogP contribution in [0, 0.1) is 5.75 Å². The van der Waals surface area contributed by atoms with Crippen LogP contribution in [0.25, 0.3) is 0 Å². The molecule has 0 spiro atoms. The molecule has 1 aromatic carbocycles. The molecule has 0 heterocycles. The predicted octanol–water partition coefficient (Wildman–Crippen LogP) is -0.798. The van der Waals surface area contributed by atoms with Crippen LogP contribution in [-0.4, -0.2) is 8.42 Å². The monoisotopic (exact) mass is 202 g/mol. The zero-order valence-electron chi connectivity index (χ0n) is 8.18. The molecule has 0 aliphatic carbocycles. The van der Waals surface area contributed by atoms with Gasteiger partial charge in [-0.15, -0.1) is 19.1 Å². The zero-order valence-corrected chi connectivity index (χ0v) is 9.00. The van der Waals surface area contributed by atoms with E-state index in [1.165, 1.54) is 5.75 Å². The Balaban J connectivity index is 0.00000169. The molecule has 0 amide bonds. The first kappa shape index (κ1) is 13.5. The Bertz CT molecular complexity index is 370. The van der Waals surface area contributed by atoms with Crippen molar-refractivity contribution >= 4 is 9.84 Å². The summed E-state index contributed by atoms with van der Waals surface area (Å²) < 4.78 is 23.0. The number of hydrogen-bond donors (Lipinski definition) is 0. The fourth-order valence-electron chi connectivity index (χ4n) is 0.901. The van der Waals surface area contributed by atoms with Crippen molar-refractivity contribution in [1.29, 1.82) is 0 Å². The molecule has 70 valence electrons. The van der Waals surface area contributed by atoms with Gasteiger partial charge in [0.15, 0.2) is 0 Å². The van der Waals surface area contributed by atoms with E-state index in [4.69, 9.17) is 0 Å². The van der Waals surface area contributed by atoms with Gasteiger partial charge < -0.3 is 0 Å². The van der Waals surface area contributed by atoms with E-state index in [0.29, 0.717) is 11.3 Å². The summed E-state index contributed by atoms with van der Waals surface area (Å²) in [5.74, 6) is 1.26. The van der Waals surface area contributed by atoms with Gasteiger partial charge in [0.05, 0.1) is 9.84 Å². The minimum atomic E-state index is -3.22. The standard InChI is InChI=1S/C10H11O2S.Li/c1-2-3-9-13(11,12)10-7-5-4-6-8-10;/h2,4-9H,1,3H2;/q-1;+1. The van der Waals surface area contributed by atoms with E-state index >= 15 is 0 Å². The van der Waals surface area contributed by atoms with Crippen molar-refractivity contribution in [2.75, 3.05) is 0 Å². The summed E-state index contributed by atoms with van der Waals surface area (Å²) in [6.45, 7) is 3.46. The Hall–Kier alpha value is -0.493. The van der Waals surface area contributed by atoms with E-state index in [1.54, 1.807) is 36.4 Å². The Labute approximate surface area is 97.1 Å². The van der Waals surface area contributed by atoms with Crippen LogP contribution in [0.3, 0.4) is 0 Å². The van der Waals surface area contributed by atoms with Crippen LogP contribution in [0.2, 0.25) is 0 Å². The zero-order chi connectivity index (χ0) is 9.73. The fraction of sp³-hybridized carbons (Fsp3) is 0.100. The molecule has 0 saturated carbocycles. The average Bonchev–Trinajstić information content (AvgIpc) is 2.16. The smallest absolute Gasteiger partial charge is 0.257 e. The molecule has 2 nitrogen and oxygen atoms in total. The van der Waals surface area contributed by atoms with Crippen LogP contribution in [0.1, 0.15) is 6.42 Å². The topological polar surface area (TPSA) is 34.1 Å². The molecule has 0 bridgehead atoms. The summed E-state index contributed by atoms with van der Waals surface area (Å²) >= 11 is 0. The maximum absolute atomic E-state index is 11.5. The molecular weight excluding hydrogens is 191 g/mol. The largest absolute Gasteiger partial charge is 1.00 e. The molecule has 0 aromatic heterocycles. The maximum atomic E-state index is 11.5. The van der Waals surface area contributed by atoms with Gasteiger partial charge in [0.25, 0.3) is 0 Å². The van der Waals surface area contributed by atoms with E-state index in [1.807, 2.05) is 0 Å². The Morgan fingerprint density at radius 1 is 1.29 bits per heavy atom. The summed E-state index contributed by atoms with van der Waals surface area (Å²) in [6, 6.07) is 8.35. The van der Waals surface area contributed by atoms with E-state index in [0.717, 1.165) is 0 Å². The Morgan fingerprint density at radius 3 is 2.36 bits per heavy atom. The van der Waals surface area contributed by atoms with Crippen LogP contribution in [0.4, 0.5) is 0 Å². The molecule has 0 aliphatic rings. The number of sulfone groups is 1. The van der Waals surface area contributed by atoms with Gasteiger partial charge in [-0.2, -0.15) is 5.75 Å². The molecule has 14 heavy (non-hydrogen) atoms. The Kier molecular flexibility index (Phi) is 5.86.